The van der Waals surface area contributed by atoms with E-state index in [-0.39, 0.29) is 11.8 Å². The molecule has 28 heavy (non-hydrogen) atoms. The first-order valence-electron chi connectivity index (χ1n) is 9.86. The Morgan fingerprint density at radius 1 is 1.11 bits per heavy atom. The van der Waals surface area contributed by atoms with Crippen molar-refractivity contribution in [3.8, 4) is 0 Å². The first-order chi connectivity index (χ1) is 13.4. The van der Waals surface area contributed by atoms with Gasteiger partial charge in [0, 0.05) is 31.4 Å². The smallest absolute Gasteiger partial charge is 0.337 e. The Morgan fingerprint density at radius 3 is 2.50 bits per heavy atom. The number of likely N-dealkylation sites (tertiary alicyclic amines) is 1. The highest BCUT2D eigenvalue weighted by atomic mass is 19.4. The van der Waals surface area contributed by atoms with Crippen LogP contribution in [0.3, 0.4) is 0 Å². The monoisotopic (exact) mass is 391 g/mol. The highest BCUT2D eigenvalue weighted by Crippen LogP contribution is 2.39. The number of carbonyl (C=O) groups excluding carboxylic acids is 1. The number of piperidine rings is 1. The number of nitrogens with zero attached hydrogens (tertiary/aromatic N) is 3. The number of amides is 1. The zero-order chi connectivity index (χ0) is 19.9. The van der Waals surface area contributed by atoms with Crippen molar-refractivity contribution < 1.29 is 18.0 Å². The van der Waals surface area contributed by atoms with E-state index in [1.165, 1.54) is 6.07 Å². The fraction of sp³-hybridized carbons (Fsp3) is 0.524. The second-order valence-corrected chi connectivity index (χ2v) is 7.76. The molecule has 2 aliphatic rings. The summed E-state index contributed by atoms with van der Waals surface area (Å²) >= 11 is 0. The second-order valence-electron chi connectivity index (χ2n) is 7.76. The number of aromatic nitrogens is 2. The van der Waals surface area contributed by atoms with Gasteiger partial charge in [0.25, 0.3) is 5.91 Å². The number of benzene rings is 1. The molecule has 4 rings (SSSR count). The van der Waals surface area contributed by atoms with E-state index in [2.05, 4.69) is 5.10 Å². The molecule has 150 valence electrons. The van der Waals surface area contributed by atoms with Crippen molar-refractivity contribution in [1.29, 1.82) is 0 Å². The quantitative estimate of drug-likeness (QED) is 0.764. The van der Waals surface area contributed by atoms with Gasteiger partial charge in [0.05, 0.1) is 5.56 Å². The van der Waals surface area contributed by atoms with Crippen LogP contribution < -0.4 is 0 Å². The number of rotatable bonds is 2. The highest BCUT2D eigenvalue weighted by Gasteiger charge is 2.36. The lowest BCUT2D eigenvalue weighted by Gasteiger charge is -2.33. The Kier molecular flexibility index (Phi) is 4.93. The van der Waals surface area contributed by atoms with Crippen LogP contribution in [0, 0.1) is 0 Å². The van der Waals surface area contributed by atoms with Crippen LogP contribution in [-0.2, 0) is 26.1 Å². The van der Waals surface area contributed by atoms with Gasteiger partial charge in [-0.3, -0.25) is 9.48 Å². The topological polar surface area (TPSA) is 38.1 Å². The predicted molar refractivity (Wildman–Crippen MR) is 99.2 cm³/mol. The molecule has 7 heteroatoms. The zero-order valence-electron chi connectivity index (χ0n) is 15.9. The van der Waals surface area contributed by atoms with Gasteiger partial charge in [0.15, 0.2) is 5.69 Å². The molecule has 2 heterocycles. The van der Waals surface area contributed by atoms with E-state index in [1.807, 2.05) is 11.7 Å². The Balaban J connectivity index is 1.49. The average Bonchev–Trinajstić information content (AvgIpc) is 3.04. The normalized spacial score (nSPS) is 18.2. The molecule has 4 nitrogen and oxygen atoms in total. The molecular weight excluding hydrogens is 367 g/mol. The van der Waals surface area contributed by atoms with E-state index in [4.69, 9.17) is 0 Å². The van der Waals surface area contributed by atoms with Crippen LogP contribution in [0.15, 0.2) is 24.3 Å². The Labute approximate surface area is 162 Å². The second kappa shape index (κ2) is 7.26. The van der Waals surface area contributed by atoms with E-state index >= 15 is 0 Å². The maximum atomic E-state index is 13.3. The van der Waals surface area contributed by atoms with Gasteiger partial charge in [-0.2, -0.15) is 18.3 Å². The summed E-state index contributed by atoms with van der Waals surface area (Å²) in [5, 5.41) is 4.47. The van der Waals surface area contributed by atoms with Crippen LogP contribution in [0.5, 0.6) is 0 Å². The highest BCUT2D eigenvalue weighted by molar-refractivity contribution is 5.94. The number of hydrogen-bond donors (Lipinski definition) is 0. The van der Waals surface area contributed by atoms with Gasteiger partial charge in [-0.15, -0.1) is 0 Å². The average molecular weight is 391 g/mol. The predicted octanol–water partition coefficient (Wildman–Crippen LogP) is 4.34. The standard InChI is InChI=1S/C21H24F3N3O/c1-26-18-9-5-3-7-16(18)19(25-26)20(28)27-12-10-14(11-13-27)15-6-2-4-8-17(15)21(22,23)24/h2,4,6,8,14H,3,5,7,9-13H2,1H3. The lowest BCUT2D eigenvalue weighted by atomic mass is 9.86. The molecule has 0 N–H and O–H groups in total. The van der Waals surface area contributed by atoms with E-state index < -0.39 is 11.7 Å². The molecule has 0 radical (unpaired) electrons. The first-order valence-corrected chi connectivity index (χ1v) is 9.86. The molecule has 1 saturated heterocycles. The maximum absolute atomic E-state index is 13.3. The third-order valence-corrected chi connectivity index (χ3v) is 6.06. The van der Waals surface area contributed by atoms with Gasteiger partial charge in [0.1, 0.15) is 0 Å². The summed E-state index contributed by atoms with van der Waals surface area (Å²) in [4.78, 5) is 14.8. The molecule has 1 aliphatic heterocycles. The minimum Gasteiger partial charge on any atom is -0.337 e. The van der Waals surface area contributed by atoms with E-state index in [1.54, 1.807) is 17.0 Å². The molecular formula is C21H24F3N3O. The molecule has 0 saturated carbocycles. The van der Waals surface area contributed by atoms with Crippen molar-refractivity contribution in [3.05, 3.63) is 52.3 Å². The van der Waals surface area contributed by atoms with Crippen LogP contribution in [0.25, 0.3) is 0 Å². The molecule has 1 aromatic heterocycles. The summed E-state index contributed by atoms with van der Waals surface area (Å²) in [5.74, 6) is -0.263. The summed E-state index contributed by atoms with van der Waals surface area (Å²) in [6.07, 6.45) is 0.722. The van der Waals surface area contributed by atoms with Gasteiger partial charge in [-0.25, -0.2) is 0 Å². The number of aryl methyl sites for hydroxylation is 1. The van der Waals surface area contributed by atoms with Gasteiger partial charge in [-0.1, -0.05) is 18.2 Å². The van der Waals surface area contributed by atoms with Crippen LogP contribution in [-0.4, -0.2) is 33.7 Å². The number of carbonyl (C=O) groups is 1. The van der Waals surface area contributed by atoms with Crippen LogP contribution in [0.1, 0.15) is 64.5 Å². The molecule has 1 amide bonds. The van der Waals surface area contributed by atoms with E-state index in [9.17, 15) is 18.0 Å². The third-order valence-electron chi connectivity index (χ3n) is 6.06. The van der Waals surface area contributed by atoms with Gasteiger partial charge in [0.2, 0.25) is 0 Å². The maximum Gasteiger partial charge on any atom is 0.416 e. The molecule has 0 atom stereocenters. The van der Waals surface area contributed by atoms with Crippen molar-refractivity contribution in [3.63, 3.8) is 0 Å². The van der Waals surface area contributed by atoms with Crippen molar-refractivity contribution in [2.45, 2.75) is 50.6 Å². The van der Waals surface area contributed by atoms with Crippen LogP contribution in [0.4, 0.5) is 13.2 Å². The lowest BCUT2D eigenvalue weighted by Crippen LogP contribution is -2.39. The number of fused-ring (bicyclic) bond motifs is 1. The minimum atomic E-state index is -4.35. The molecule has 1 aromatic carbocycles. The lowest BCUT2D eigenvalue weighted by molar-refractivity contribution is -0.138. The van der Waals surface area contributed by atoms with Gasteiger partial charge in [-0.05, 0) is 56.1 Å². The summed E-state index contributed by atoms with van der Waals surface area (Å²) in [7, 11) is 1.88. The van der Waals surface area contributed by atoms with Gasteiger partial charge >= 0.3 is 6.18 Å². The van der Waals surface area contributed by atoms with Crippen molar-refractivity contribution >= 4 is 5.91 Å². The van der Waals surface area contributed by atoms with Crippen molar-refractivity contribution in [1.82, 2.24) is 14.7 Å². The Morgan fingerprint density at radius 2 is 1.79 bits per heavy atom. The van der Waals surface area contributed by atoms with E-state index in [0.29, 0.717) is 37.2 Å². The Hall–Kier alpha value is -2.31. The SMILES string of the molecule is Cn1nc(C(=O)N2CCC(c3ccccc3C(F)(F)F)CC2)c2c1CCCC2. The molecule has 2 aromatic rings. The molecule has 0 spiro atoms. The summed E-state index contributed by atoms with van der Waals surface area (Å²) < 4.78 is 41.8. The summed E-state index contributed by atoms with van der Waals surface area (Å²) in [6, 6.07) is 5.80. The Bertz CT molecular complexity index is 880. The number of alkyl halides is 3. The van der Waals surface area contributed by atoms with Crippen molar-refractivity contribution in [2.75, 3.05) is 13.1 Å². The first kappa shape index (κ1) is 19.0. The molecule has 0 bridgehead atoms. The zero-order valence-corrected chi connectivity index (χ0v) is 15.9. The largest absolute Gasteiger partial charge is 0.416 e. The van der Waals surface area contributed by atoms with E-state index in [0.717, 1.165) is 43.0 Å². The van der Waals surface area contributed by atoms with Gasteiger partial charge < -0.3 is 4.90 Å². The minimum absolute atomic E-state index is 0.0821. The number of halogens is 3. The molecule has 1 aliphatic carbocycles. The molecule has 0 unspecified atom stereocenters. The van der Waals surface area contributed by atoms with Crippen LogP contribution in [0.2, 0.25) is 0 Å². The third kappa shape index (κ3) is 3.42. The van der Waals surface area contributed by atoms with Crippen molar-refractivity contribution in [2.24, 2.45) is 7.05 Å². The fourth-order valence-corrected chi connectivity index (χ4v) is 4.60. The fourth-order valence-electron chi connectivity index (χ4n) is 4.60. The number of hydrogen-bond acceptors (Lipinski definition) is 2. The molecule has 1 fully saturated rings. The summed E-state index contributed by atoms with van der Waals surface area (Å²) in [6.45, 7) is 0.919. The van der Waals surface area contributed by atoms with Crippen LogP contribution >= 0.6 is 0 Å². The summed E-state index contributed by atoms with van der Waals surface area (Å²) in [5.41, 5.74) is 2.52.